The fourth-order valence-corrected chi connectivity index (χ4v) is 2.56. The van der Waals surface area contributed by atoms with Gasteiger partial charge in [0.05, 0.1) is 6.10 Å². The van der Waals surface area contributed by atoms with Crippen LogP contribution in [0.15, 0.2) is 24.3 Å². The van der Waals surface area contributed by atoms with Gasteiger partial charge in [-0.1, -0.05) is 6.42 Å². The van der Waals surface area contributed by atoms with E-state index < -0.39 is 0 Å². The van der Waals surface area contributed by atoms with E-state index in [-0.39, 0.29) is 6.10 Å². The zero-order chi connectivity index (χ0) is 13.7. The number of hydrogen-bond acceptors (Lipinski definition) is 3. The van der Waals surface area contributed by atoms with Gasteiger partial charge in [-0.2, -0.15) is 0 Å². The molecule has 3 nitrogen and oxygen atoms in total. The molecular weight excluding hydrogens is 236 g/mol. The van der Waals surface area contributed by atoms with E-state index in [2.05, 4.69) is 29.4 Å². The Kier molecular flexibility index (Phi) is 5.08. The van der Waals surface area contributed by atoms with Gasteiger partial charge in [-0.05, 0) is 64.5 Å². The molecule has 1 heterocycles. The molecule has 1 aliphatic rings. The van der Waals surface area contributed by atoms with E-state index in [9.17, 15) is 0 Å². The molecule has 1 saturated heterocycles. The van der Waals surface area contributed by atoms with Crippen molar-refractivity contribution >= 4 is 5.69 Å². The Morgan fingerprint density at radius 3 is 2.63 bits per heavy atom. The van der Waals surface area contributed by atoms with E-state index in [4.69, 9.17) is 4.74 Å². The van der Waals surface area contributed by atoms with Crippen molar-refractivity contribution in [2.75, 3.05) is 25.5 Å². The molecule has 0 aromatic heterocycles. The number of ether oxygens (including phenoxy) is 1. The van der Waals surface area contributed by atoms with Crippen LogP contribution in [0.25, 0.3) is 0 Å². The quantitative estimate of drug-likeness (QED) is 0.880. The van der Waals surface area contributed by atoms with Crippen molar-refractivity contribution in [2.45, 2.75) is 45.3 Å². The number of nitrogens with zero attached hydrogens (tertiary/aromatic N) is 1. The van der Waals surface area contributed by atoms with Crippen molar-refractivity contribution < 1.29 is 4.74 Å². The molecule has 0 radical (unpaired) electrons. The third-order valence-electron chi connectivity index (χ3n) is 3.69. The first-order valence-electron chi connectivity index (χ1n) is 7.36. The number of benzene rings is 1. The van der Waals surface area contributed by atoms with Crippen LogP contribution in [-0.4, -0.2) is 37.2 Å². The summed E-state index contributed by atoms with van der Waals surface area (Å²) in [5.41, 5.74) is 1.18. The molecule has 1 aromatic rings. The van der Waals surface area contributed by atoms with Gasteiger partial charge in [0.15, 0.2) is 0 Å². The molecule has 0 spiro atoms. The van der Waals surface area contributed by atoms with Crippen LogP contribution in [-0.2, 0) is 0 Å². The van der Waals surface area contributed by atoms with Crippen molar-refractivity contribution in [1.82, 2.24) is 4.90 Å². The van der Waals surface area contributed by atoms with Crippen LogP contribution in [0, 0.1) is 0 Å². The molecule has 1 atom stereocenters. The lowest BCUT2D eigenvalue weighted by molar-refractivity contribution is 0.194. The highest BCUT2D eigenvalue weighted by atomic mass is 16.5. The van der Waals surface area contributed by atoms with Gasteiger partial charge in [-0.25, -0.2) is 0 Å². The molecule has 2 rings (SSSR count). The minimum absolute atomic E-state index is 0.231. The Hall–Kier alpha value is -1.22. The number of anilines is 1. The number of nitrogens with one attached hydrogen (secondary N) is 1. The third-order valence-corrected chi connectivity index (χ3v) is 3.69. The molecule has 1 aromatic carbocycles. The number of likely N-dealkylation sites (N-methyl/N-ethyl adjacent to an activating group) is 1. The van der Waals surface area contributed by atoms with Gasteiger partial charge in [-0.3, -0.25) is 0 Å². The Balaban J connectivity index is 1.82. The minimum Gasteiger partial charge on any atom is -0.491 e. The van der Waals surface area contributed by atoms with Crippen molar-refractivity contribution in [2.24, 2.45) is 0 Å². The predicted molar refractivity (Wildman–Crippen MR) is 81.0 cm³/mol. The highest BCUT2D eigenvalue weighted by Crippen LogP contribution is 2.19. The number of likely N-dealkylation sites (tertiary alicyclic amines) is 1. The van der Waals surface area contributed by atoms with E-state index in [1.165, 1.54) is 31.5 Å². The van der Waals surface area contributed by atoms with Crippen LogP contribution >= 0.6 is 0 Å². The van der Waals surface area contributed by atoms with Gasteiger partial charge in [-0.15, -0.1) is 0 Å². The van der Waals surface area contributed by atoms with Crippen LogP contribution < -0.4 is 10.1 Å². The molecule has 0 saturated carbocycles. The van der Waals surface area contributed by atoms with E-state index in [0.29, 0.717) is 6.04 Å². The maximum atomic E-state index is 5.64. The fraction of sp³-hybridized carbons (Fsp3) is 0.625. The molecule has 19 heavy (non-hydrogen) atoms. The Bertz CT molecular complexity index is 375. The van der Waals surface area contributed by atoms with Gasteiger partial charge < -0.3 is 15.0 Å². The minimum atomic E-state index is 0.231. The Labute approximate surface area is 116 Å². The lowest BCUT2D eigenvalue weighted by atomic mass is 10.0. The monoisotopic (exact) mass is 262 g/mol. The van der Waals surface area contributed by atoms with E-state index in [1.54, 1.807) is 0 Å². The van der Waals surface area contributed by atoms with Gasteiger partial charge in [0.2, 0.25) is 0 Å². The second-order valence-electron chi connectivity index (χ2n) is 5.70. The van der Waals surface area contributed by atoms with Crippen LogP contribution in [0.4, 0.5) is 5.69 Å². The topological polar surface area (TPSA) is 24.5 Å². The molecular formula is C16H26N2O. The molecule has 1 fully saturated rings. The van der Waals surface area contributed by atoms with Crippen molar-refractivity contribution in [3.05, 3.63) is 24.3 Å². The molecule has 0 bridgehead atoms. The number of rotatable bonds is 5. The van der Waals surface area contributed by atoms with Crippen molar-refractivity contribution in [3.63, 3.8) is 0 Å². The Morgan fingerprint density at radius 1 is 1.26 bits per heavy atom. The molecule has 0 amide bonds. The van der Waals surface area contributed by atoms with Crippen LogP contribution in [0.1, 0.15) is 33.1 Å². The third kappa shape index (κ3) is 4.43. The molecule has 1 N–H and O–H groups in total. The molecule has 3 heteroatoms. The van der Waals surface area contributed by atoms with E-state index in [1.807, 2.05) is 26.0 Å². The summed E-state index contributed by atoms with van der Waals surface area (Å²) in [5.74, 6) is 0.940. The summed E-state index contributed by atoms with van der Waals surface area (Å²) in [4.78, 5) is 2.47. The highest BCUT2D eigenvalue weighted by molar-refractivity contribution is 5.46. The normalized spacial score (nSPS) is 20.5. The lowest BCUT2D eigenvalue weighted by Gasteiger charge is -2.32. The first kappa shape index (κ1) is 14.2. The molecule has 1 aliphatic heterocycles. The maximum absolute atomic E-state index is 5.64. The zero-order valence-corrected chi connectivity index (χ0v) is 12.4. The number of piperidine rings is 1. The SMILES string of the molecule is CC(C)Oc1ccc(NCC2CCCCN2C)cc1. The maximum Gasteiger partial charge on any atom is 0.119 e. The molecule has 106 valence electrons. The van der Waals surface area contributed by atoms with Gasteiger partial charge in [0, 0.05) is 18.3 Å². The summed E-state index contributed by atoms with van der Waals surface area (Å²) in [6.07, 6.45) is 4.24. The summed E-state index contributed by atoms with van der Waals surface area (Å²) in [6, 6.07) is 8.93. The molecule has 0 aliphatic carbocycles. The smallest absolute Gasteiger partial charge is 0.119 e. The van der Waals surface area contributed by atoms with E-state index in [0.717, 1.165) is 12.3 Å². The van der Waals surface area contributed by atoms with Crippen molar-refractivity contribution in [3.8, 4) is 5.75 Å². The van der Waals surface area contributed by atoms with Crippen molar-refractivity contribution in [1.29, 1.82) is 0 Å². The Morgan fingerprint density at radius 2 is 2.00 bits per heavy atom. The average Bonchev–Trinajstić information content (AvgIpc) is 2.39. The summed E-state index contributed by atoms with van der Waals surface area (Å²) < 4.78 is 5.64. The first-order valence-corrected chi connectivity index (χ1v) is 7.36. The zero-order valence-electron chi connectivity index (χ0n) is 12.4. The summed E-state index contributed by atoms with van der Waals surface area (Å²) in [6.45, 7) is 6.35. The lowest BCUT2D eigenvalue weighted by Crippen LogP contribution is -2.40. The average molecular weight is 262 g/mol. The molecule has 1 unspecified atom stereocenters. The van der Waals surface area contributed by atoms with Crippen LogP contribution in [0.5, 0.6) is 5.75 Å². The highest BCUT2D eigenvalue weighted by Gasteiger charge is 2.18. The van der Waals surface area contributed by atoms with Gasteiger partial charge in [0.25, 0.3) is 0 Å². The summed E-state index contributed by atoms with van der Waals surface area (Å²) in [5, 5.41) is 3.53. The first-order chi connectivity index (χ1) is 9.15. The van der Waals surface area contributed by atoms with Gasteiger partial charge in [0.1, 0.15) is 5.75 Å². The second-order valence-corrected chi connectivity index (χ2v) is 5.70. The van der Waals surface area contributed by atoms with Crippen LogP contribution in [0.2, 0.25) is 0 Å². The largest absolute Gasteiger partial charge is 0.491 e. The van der Waals surface area contributed by atoms with Gasteiger partial charge >= 0.3 is 0 Å². The van der Waals surface area contributed by atoms with E-state index >= 15 is 0 Å². The summed E-state index contributed by atoms with van der Waals surface area (Å²) in [7, 11) is 2.23. The number of hydrogen-bond donors (Lipinski definition) is 1. The standard InChI is InChI=1S/C16H26N2O/c1-13(2)19-16-9-7-14(8-10-16)17-12-15-6-4-5-11-18(15)3/h7-10,13,15,17H,4-6,11-12H2,1-3H3. The second kappa shape index (κ2) is 6.80. The predicted octanol–water partition coefficient (Wildman–Crippen LogP) is 3.37. The summed E-state index contributed by atoms with van der Waals surface area (Å²) >= 11 is 0. The fourth-order valence-electron chi connectivity index (χ4n) is 2.56. The van der Waals surface area contributed by atoms with Crippen LogP contribution in [0.3, 0.4) is 0 Å².